The molecule has 0 aliphatic carbocycles. The maximum atomic E-state index is 10.7. The zero-order valence-electron chi connectivity index (χ0n) is 8.36. The zero-order valence-corrected chi connectivity index (χ0v) is 9.11. The molecule has 15 heavy (non-hydrogen) atoms. The lowest BCUT2D eigenvalue weighted by Crippen LogP contribution is -2.09. The molecular weight excluding hydrogens is 212 g/mol. The highest BCUT2D eigenvalue weighted by Crippen LogP contribution is 2.33. The fourth-order valence-electron chi connectivity index (χ4n) is 1.95. The predicted octanol–water partition coefficient (Wildman–Crippen LogP) is 3.06. The van der Waals surface area contributed by atoms with Crippen LogP contribution in [0.4, 0.5) is 0 Å². The smallest absolute Gasteiger partial charge is 0.224 e. The molecule has 1 saturated heterocycles. The molecule has 1 fully saturated rings. The standard InChI is InChI=1S/C12H13ClO2/c13-12(14)8-10-6-7-11(15-10)9-4-2-1-3-5-9/h1-5,10-11H,6-8H2/t10-,11-/m0/s1. The largest absolute Gasteiger partial charge is 0.370 e. The molecule has 1 aromatic carbocycles. The molecule has 2 atom stereocenters. The summed E-state index contributed by atoms with van der Waals surface area (Å²) in [5.74, 6) is 0. The van der Waals surface area contributed by atoms with E-state index in [0.29, 0.717) is 6.42 Å². The van der Waals surface area contributed by atoms with E-state index in [0.717, 1.165) is 12.8 Å². The van der Waals surface area contributed by atoms with Gasteiger partial charge in [-0.3, -0.25) is 4.79 Å². The zero-order chi connectivity index (χ0) is 10.7. The normalized spacial score (nSPS) is 25.4. The van der Waals surface area contributed by atoms with Crippen LogP contribution < -0.4 is 0 Å². The summed E-state index contributed by atoms with van der Waals surface area (Å²) in [6.07, 6.45) is 2.34. The Morgan fingerprint density at radius 3 is 2.73 bits per heavy atom. The second kappa shape index (κ2) is 4.77. The lowest BCUT2D eigenvalue weighted by atomic mass is 10.1. The molecule has 0 N–H and O–H groups in total. The van der Waals surface area contributed by atoms with Crippen molar-refractivity contribution < 1.29 is 9.53 Å². The van der Waals surface area contributed by atoms with Crippen molar-refractivity contribution >= 4 is 16.8 Å². The van der Waals surface area contributed by atoms with Gasteiger partial charge in [0.25, 0.3) is 0 Å². The lowest BCUT2D eigenvalue weighted by Gasteiger charge is -2.12. The number of ether oxygens (including phenoxy) is 1. The van der Waals surface area contributed by atoms with Gasteiger partial charge in [0, 0.05) is 6.42 Å². The Hall–Kier alpha value is -0.860. The van der Waals surface area contributed by atoms with E-state index in [2.05, 4.69) is 12.1 Å². The Kier molecular flexibility index (Phi) is 3.39. The summed E-state index contributed by atoms with van der Waals surface area (Å²) < 4.78 is 5.75. The van der Waals surface area contributed by atoms with Gasteiger partial charge >= 0.3 is 0 Å². The van der Waals surface area contributed by atoms with E-state index < -0.39 is 0 Å². The first-order chi connectivity index (χ1) is 7.25. The number of hydrogen-bond donors (Lipinski definition) is 0. The minimum atomic E-state index is -0.311. The molecule has 1 aromatic rings. The highest BCUT2D eigenvalue weighted by atomic mass is 35.5. The van der Waals surface area contributed by atoms with Gasteiger partial charge in [0.2, 0.25) is 5.24 Å². The van der Waals surface area contributed by atoms with Crippen LogP contribution in [-0.4, -0.2) is 11.3 Å². The molecule has 0 aromatic heterocycles. The summed E-state index contributed by atoms with van der Waals surface area (Å²) in [6, 6.07) is 10.1. The first-order valence-corrected chi connectivity index (χ1v) is 5.52. The molecule has 1 heterocycles. The number of halogens is 1. The van der Waals surface area contributed by atoms with Crippen molar-refractivity contribution in [2.45, 2.75) is 31.5 Å². The van der Waals surface area contributed by atoms with E-state index in [9.17, 15) is 4.79 Å². The summed E-state index contributed by atoms with van der Waals surface area (Å²) in [4.78, 5) is 10.7. The van der Waals surface area contributed by atoms with E-state index >= 15 is 0 Å². The fraction of sp³-hybridized carbons (Fsp3) is 0.417. The summed E-state index contributed by atoms with van der Waals surface area (Å²) in [5.41, 5.74) is 1.18. The van der Waals surface area contributed by atoms with Crippen molar-refractivity contribution in [3.05, 3.63) is 35.9 Å². The summed E-state index contributed by atoms with van der Waals surface area (Å²) in [5, 5.41) is -0.311. The van der Waals surface area contributed by atoms with Gasteiger partial charge in [0.1, 0.15) is 0 Å². The van der Waals surface area contributed by atoms with Gasteiger partial charge in [-0.05, 0) is 30.0 Å². The van der Waals surface area contributed by atoms with Crippen LogP contribution in [0, 0.1) is 0 Å². The van der Waals surface area contributed by atoms with Crippen LogP contribution in [0.15, 0.2) is 30.3 Å². The first kappa shape index (κ1) is 10.7. The van der Waals surface area contributed by atoms with Gasteiger partial charge in [-0.1, -0.05) is 30.3 Å². The average molecular weight is 225 g/mol. The van der Waals surface area contributed by atoms with Gasteiger partial charge in [0.05, 0.1) is 12.2 Å². The molecule has 2 nitrogen and oxygen atoms in total. The highest BCUT2D eigenvalue weighted by molar-refractivity contribution is 6.63. The van der Waals surface area contributed by atoms with Crippen molar-refractivity contribution in [3.8, 4) is 0 Å². The number of hydrogen-bond acceptors (Lipinski definition) is 2. The van der Waals surface area contributed by atoms with E-state index in [4.69, 9.17) is 16.3 Å². The fourth-order valence-corrected chi connectivity index (χ4v) is 2.12. The second-order valence-corrected chi connectivity index (χ2v) is 4.22. The Bertz CT molecular complexity index is 337. The Labute approximate surface area is 94.2 Å². The molecule has 3 heteroatoms. The third-order valence-electron chi connectivity index (χ3n) is 2.67. The summed E-state index contributed by atoms with van der Waals surface area (Å²) in [7, 11) is 0. The van der Waals surface area contributed by atoms with Crippen molar-refractivity contribution in [1.29, 1.82) is 0 Å². The number of rotatable bonds is 3. The maximum absolute atomic E-state index is 10.7. The Morgan fingerprint density at radius 1 is 1.33 bits per heavy atom. The minimum absolute atomic E-state index is 0.000191. The topological polar surface area (TPSA) is 26.3 Å². The van der Waals surface area contributed by atoms with Crippen LogP contribution in [0.3, 0.4) is 0 Å². The van der Waals surface area contributed by atoms with E-state index in [1.54, 1.807) is 0 Å². The van der Waals surface area contributed by atoms with Gasteiger partial charge in [-0.25, -0.2) is 0 Å². The van der Waals surface area contributed by atoms with Crippen LogP contribution in [0.25, 0.3) is 0 Å². The van der Waals surface area contributed by atoms with Crippen molar-refractivity contribution in [1.82, 2.24) is 0 Å². The first-order valence-electron chi connectivity index (χ1n) is 5.14. The van der Waals surface area contributed by atoms with Gasteiger partial charge in [-0.2, -0.15) is 0 Å². The molecule has 0 amide bonds. The number of benzene rings is 1. The van der Waals surface area contributed by atoms with Crippen LogP contribution in [0.5, 0.6) is 0 Å². The van der Waals surface area contributed by atoms with Gasteiger partial charge < -0.3 is 4.74 Å². The SMILES string of the molecule is O=C(Cl)C[C@@H]1CC[C@@H](c2ccccc2)O1. The third-order valence-corrected chi connectivity index (χ3v) is 2.82. The molecule has 0 radical (unpaired) electrons. The van der Waals surface area contributed by atoms with Crippen molar-refractivity contribution in [3.63, 3.8) is 0 Å². The molecular formula is C12H13ClO2. The number of carbonyl (C=O) groups excluding carboxylic acids is 1. The lowest BCUT2D eigenvalue weighted by molar-refractivity contribution is -0.114. The van der Waals surface area contributed by atoms with Gasteiger partial charge in [0.15, 0.2) is 0 Å². The van der Waals surface area contributed by atoms with E-state index in [1.807, 2.05) is 18.2 Å². The molecule has 0 bridgehead atoms. The minimum Gasteiger partial charge on any atom is -0.370 e. The number of carbonyl (C=O) groups is 1. The van der Waals surface area contributed by atoms with Gasteiger partial charge in [-0.15, -0.1) is 0 Å². The molecule has 1 aliphatic rings. The van der Waals surface area contributed by atoms with Crippen LogP contribution in [0.2, 0.25) is 0 Å². The van der Waals surface area contributed by atoms with E-state index in [1.165, 1.54) is 5.56 Å². The monoisotopic (exact) mass is 224 g/mol. The van der Waals surface area contributed by atoms with Crippen molar-refractivity contribution in [2.24, 2.45) is 0 Å². The molecule has 80 valence electrons. The Morgan fingerprint density at radius 2 is 2.07 bits per heavy atom. The third kappa shape index (κ3) is 2.80. The van der Waals surface area contributed by atoms with Crippen LogP contribution in [0.1, 0.15) is 30.9 Å². The van der Waals surface area contributed by atoms with Crippen LogP contribution in [-0.2, 0) is 9.53 Å². The Balaban J connectivity index is 1.96. The average Bonchev–Trinajstić information content (AvgIpc) is 2.67. The van der Waals surface area contributed by atoms with E-state index in [-0.39, 0.29) is 17.5 Å². The second-order valence-electron chi connectivity index (χ2n) is 3.79. The molecule has 1 aliphatic heterocycles. The molecule has 0 unspecified atom stereocenters. The molecule has 2 rings (SSSR count). The highest BCUT2D eigenvalue weighted by Gasteiger charge is 2.27. The summed E-state index contributed by atoms with van der Waals surface area (Å²) in [6.45, 7) is 0. The quantitative estimate of drug-likeness (QED) is 0.738. The summed E-state index contributed by atoms with van der Waals surface area (Å²) >= 11 is 5.33. The van der Waals surface area contributed by atoms with Crippen molar-refractivity contribution in [2.75, 3.05) is 0 Å². The van der Waals surface area contributed by atoms with Crippen LogP contribution >= 0.6 is 11.6 Å². The molecule has 0 saturated carbocycles. The maximum Gasteiger partial charge on any atom is 0.224 e. The predicted molar refractivity (Wildman–Crippen MR) is 58.8 cm³/mol. The molecule has 0 spiro atoms.